The van der Waals surface area contributed by atoms with Crippen molar-refractivity contribution in [2.24, 2.45) is 5.92 Å². The summed E-state index contributed by atoms with van der Waals surface area (Å²) < 4.78 is 34.6. The molecule has 3 aromatic carbocycles. The standard InChI is InChI=1S/C29H32N4O8S/c1-20(2)18-32(42(39,40)26-12-8-24(9-13-26)33(37)38)27(28(34)17-31-29(35)36)15-21-6-10-25(11-7-21)41-19-23-5-3-4-22(14-23)16-30/h3-14,20,27-28,31,34H,15,17-19H2,1-2H3,(H,35,36)/t27?,28-/m1/s1. The maximum atomic E-state index is 13.8. The van der Waals surface area contributed by atoms with Crippen molar-refractivity contribution in [3.05, 3.63) is 99.6 Å². The Hall–Kier alpha value is -4.51. The Labute approximate surface area is 244 Å². The number of sulfonamides is 1. The van der Waals surface area contributed by atoms with Crippen LogP contribution >= 0.6 is 0 Å². The molecule has 13 heteroatoms. The van der Waals surface area contributed by atoms with E-state index in [2.05, 4.69) is 11.4 Å². The zero-order chi connectivity index (χ0) is 30.9. The van der Waals surface area contributed by atoms with Gasteiger partial charge in [0.15, 0.2) is 0 Å². The number of carboxylic acid groups (broad SMARTS) is 1. The molecular formula is C29H32N4O8S. The number of amides is 1. The van der Waals surface area contributed by atoms with Gasteiger partial charge in [-0.15, -0.1) is 0 Å². The minimum Gasteiger partial charge on any atom is -0.489 e. The highest BCUT2D eigenvalue weighted by atomic mass is 32.2. The first-order valence-electron chi connectivity index (χ1n) is 13.0. The smallest absolute Gasteiger partial charge is 0.404 e. The van der Waals surface area contributed by atoms with E-state index in [-0.39, 0.29) is 36.1 Å². The molecule has 42 heavy (non-hydrogen) atoms. The summed E-state index contributed by atoms with van der Waals surface area (Å²) in [6.45, 7) is 3.41. The van der Waals surface area contributed by atoms with Gasteiger partial charge in [-0.05, 0) is 59.9 Å². The maximum absolute atomic E-state index is 13.8. The number of rotatable bonds is 14. The van der Waals surface area contributed by atoms with Crippen molar-refractivity contribution in [3.63, 3.8) is 0 Å². The number of hydrogen-bond acceptors (Lipinski definition) is 8. The van der Waals surface area contributed by atoms with Gasteiger partial charge in [0.25, 0.3) is 5.69 Å². The molecule has 0 saturated heterocycles. The predicted molar refractivity (Wildman–Crippen MR) is 153 cm³/mol. The number of non-ortho nitro benzene ring substituents is 1. The Kier molecular flexibility index (Phi) is 11.0. The Morgan fingerprint density at radius 1 is 1.10 bits per heavy atom. The molecule has 0 radical (unpaired) electrons. The molecule has 12 nitrogen and oxygen atoms in total. The van der Waals surface area contributed by atoms with E-state index in [9.17, 15) is 28.4 Å². The van der Waals surface area contributed by atoms with E-state index in [1.807, 2.05) is 6.07 Å². The van der Waals surface area contributed by atoms with E-state index in [1.54, 1.807) is 56.3 Å². The monoisotopic (exact) mass is 596 g/mol. The Balaban J connectivity index is 1.89. The zero-order valence-electron chi connectivity index (χ0n) is 23.1. The van der Waals surface area contributed by atoms with Gasteiger partial charge in [0.1, 0.15) is 12.4 Å². The van der Waals surface area contributed by atoms with Crippen LogP contribution in [0.1, 0.15) is 30.5 Å². The number of nitro benzene ring substituents is 1. The molecule has 1 unspecified atom stereocenters. The molecule has 0 aliphatic carbocycles. The highest BCUT2D eigenvalue weighted by Crippen LogP contribution is 2.26. The summed E-state index contributed by atoms with van der Waals surface area (Å²) in [6, 6.07) is 19.3. The average Bonchev–Trinajstić information content (AvgIpc) is 2.97. The van der Waals surface area contributed by atoms with Gasteiger partial charge in [0, 0.05) is 25.2 Å². The summed E-state index contributed by atoms with van der Waals surface area (Å²) in [5.74, 6) is 0.360. The third-order valence-electron chi connectivity index (χ3n) is 6.31. The van der Waals surface area contributed by atoms with E-state index in [0.717, 1.165) is 34.1 Å². The largest absolute Gasteiger partial charge is 0.489 e. The van der Waals surface area contributed by atoms with Gasteiger partial charge in [-0.25, -0.2) is 13.2 Å². The zero-order valence-corrected chi connectivity index (χ0v) is 23.9. The first kappa shape index (κ1) is 32.0. The molecule has 1 amide bonds. The van der Waals surface area contributed by atoms with Crippen LogP contribution in [0.4, 0.5) is 10.5 Å². The summed E-state index contributed by atoms with van der Waals surface area (Å²) in [6.07, 6.45) is -2.76. The minimum absolute atomic E-state index is 0.00290. The fraction of sp³-hybridized carbons (Fsp3) is 0.310. The topological polar surface area (TPSA) is 183 Å². The van der Waals surface area contributed by atoms with Crippen molar-refractivity contribution in [3.8, 4) is 11.8 Å². The molecule has 3 N–H and O–H groups in total. The molecule has 3 rings (SSSR count). The third kappa shape index (κ3) is 8.74. The number of nitro groups is 1. The number of benzene rings is 3. The van der Waals surface area contributed by atoms with Crippen LogP contribution in [0.15, 0.2) is 77.7 Å². The van der Waals surface area contributed by atoms with Crippen molar-refractivity contribution < 1.29 is 33.1 Å². The molecular weight excluding hydrogens is 564 g/mol. The SMILES string of the molecule is CC(C)CN(C(Cc1ccc(OCc2cccc(C#N)c2)cc1)[C@H](O)CNC(=O)O)S(=O)(=O)c1ccc([N+](=O)[O-])cc1. The molecule has 0 spiro atoms. The second-order valence-electron chi connectivity index (χ2n) is 9.99. The van der Waals surface area contributed by atoms with E-state index >= 15 is 0 Å². The van der Waals surface area contributed by atoms with Crippen LogP contribution in [0, 0.1) is 27.4 Å². The molecule has 0 heterocycles. The average molecular weight is 597 g/mol. The van der Waals surface area contributed by atoms with Crippen LogP contribution in [-0.2, 0) is 23.1 Å². The molecule has 0 aliphatic heterocycles. The molecule has 0 saturated carbocycles. The molecule has 0 bridgehead atoms. The van der Waals surface area contributed by atoms with Crippen molar-refractivity contribution in [1.82, 2.24) is 9.62 Å². The summed E-state index contributed by atoms with van der Waals surface area (Å²) in [5.41, 5.74) is 1.71. The van der Waals surface area contributed by atoms with Crippen LogP contribution < -0.4 is 10.1 Å². The van der Waals surface area contributed by atoms with Gasteiger partial charge in [0.05, 0.1) is 33.6 Å². The Morgan fingerprint density at radius 2 is 1.76 bits per heavy atom. The summed E-state index contributed by atoms with van der Waals surface area (Å²) in [4.78, 5) is 21.4. The normalized spacial score (nSPS) is 12.9. The van der Waals surface area contributed by atoms with Crippen molar-refractivity contribution in [1.29, 1.82) is 5.26 Å². The highest BCUT2D eigenvalue weighted by Gasteiger charge is 2.36. The lowest BCUT2D eigenvalue weighted by Gasteiger charge is -2.35. The molecule has 3 aromatic rings. The van der Waals surface area contributed by atoms with Crippen LogP contribution in [-0.4, -0.2) is 59.2 Å². The van der Waals surface area contributed by atoms with Gasteiger partial charge in [-0.3, -0.25) is 10.1 Å². The van der Waals surface area contributed by atoms with E-state index in [4.69, 9.17) is 15.1 Å². The number of nitrogens with zero attached hydrogens (tertiary/aromatic N) is 3. The maximum Gasteiger partial charge on any atom is 0.404 e. The molecule has 0 fully saturated rings. The van der Waals surface area contributed by atoms with Gasteiger partial charge >= 0.3 is 6.09 Å². The van der Waals surface area contributed by atoms with Crippen molar-refractivity contribution in [2.75, 3.05) is 13.1 Å². The molecule has 2 atom stereocenters. The molecule has 222 valence electrons. The second-order valence-corrected chi connectivity index (χ2v) is 11.9. The first-order chi connectivity index (χ1) is 19.9. The third-order valence-corrected chi connectivity index (χ3v) is 8.21. The van der Waals surface area contributed by atoms with Crippen LogP contribution in [0.5, 0.6) is 5.75 Å². The second kappa shape index (κ2) is 14.4. The Morgan fingerprint density at radius 3 is 2.33 bits per heavy atom. The van der Waals surface area contributed by atoms with Crippen LogP contribution in [0.2, 0.25) is 0 Å². The number of aliphatic hydroxyl groups is 1. The van der Waals surface area contributed by atoms with Gasteiger partial charge in [-0.1, -0.05) is 38.1 Å². The number of hydrogen-bond donors (Lipinski definition) is 3. The lowest BCUT2D eigenvalue weighted by atomic mass is 10.00. The number of ether oxygens (including phenoxy) is 1. The quantitative estimate of drug-likeness (QED) is 0.183. The predicted octanol–water partition coefficient (Wildman–Crippen LogP) is 3.93. The van der Waals surface area contributed by atoms with Crippen LogP contribution in [0.3, 0.4) is 0 Å². The summed E-state index contributed by atoms with van der Waals surface area (Å²) >= 11 is 0. The van der Waals surface area contributed by atoms with E-state index < -0.39 is 39.7 Å². The molecule has 0 aromatic heterocycles. The summed E-state index contributed by atoms with van der Waals surface area (Å²) in [5, 5.41) is 42.4. The fourth-order valence-electron chi connectivity index (χ4n) is 4.27. The molecule has 0 aliphatic rings. The Bertz CT molecular complexity index is 1520. The number of carbonyl (C=O) groups is 1. The minimum atomic E-state index is -4.27. The van der Waals surface area contributed by atoms with Crippen molar-refractivity contribution in [2.45, 2.75) is 43.9 Å². The van der Waals surface area contributed by atoms with Crippen molar-refractivity contribution >= 4 is 21.8 Å². The lowest BCUT2D eigenvalue weighted by molar-refractivity contribution is -0.384. The number of aliphatic hydroxyl groups excluding tert-OH is 1. The van der Waals surface area contributed by atoms with Gasteiger partial charge in [-0.2, -0.15) is 9.57 Å². The number of nitriles is 1. The fourth-order valence-corrected chi connectivity index (χ4v) is 6.08. The highest BCUT2D eigenvalue weighted by molar-refractivity contribution is 7.89. The van der Waals surface area contributed by atoms with Gasteiger partial charge < -0.3 is 20.3 Å². The lowest BCUT2D eigenvalue weighted by Crippen LogP contribution is -2.52. The van der Waals surface area contributed by atoms with E-state index in [1.165, 1.54) is 0 Å². The first-order valence-corrected chi connectivity index (χ1v) is 14.5. The summed E-state index contributed by atoms with van der Waals surface area (Å²) in [7, 11) is -4.27. The van der Waals surface area contributed by atoms with E-state index in [0.29, 0.717) is 16.9 Å². The van der Waals surface area contributed by atoms with Gasteiger partial charge in [0.2, 0.25) is 10.0 Å². The number of nitrogens with one attached hydrogen (secondary N) is 1. The van der Waals surface area contributed by atoms with Crippen LogP contribution in [0.25, 0.3) is 0 Å².